The van der Waals surface area contributed by atoms with E-state index in [1.807, 2.05) is 39.8 Å². The summed E-state index contributed by atoms with van der Waals surface area (Å²) >= 11 is 0. The summed E-state index contributed by atoms with van der Waals surface area (Å²) in [5.41, 5.74) is 2.07. The van der Waals surface area contributed by atoms with E-state index >= 15 is 0 Å². The first-order valence-corrected chi connectivity index (χ1v) is 6.64. The van der Waals surface area contributed by atoms with Gasteiger partial charge in [0.05, 0.1) is 11.6 Å². The van der Waals surface area contributed by atoms with Gasteiger partial charge >= 0.3 is 0 Å². The summed E-state index contributed by atoms with van der Waals surface area (Å²) in [7, 11) is 3.81. The molecular weight excluding hydrogens is 198 g/mol. The van der Waals surface area contributed by atoms with Gasteiger partial charge in [0, 0.05) is 17.4 Å². The summed E-state index contributed by atoms with van der Waals surface area (Å²) in [4.78, 5) is 0. The minimum Gasteiger partial charge on any atom is -0.192 e. The fourth-order valence-electron chi connectivity index (χ4n) is 1.44. The zero-order chi connectivity index (χ0) is 9.10. The summed E-state index contributed by atoms with van der Waals surface area (Å²) in [6, 6.07) is 10.2. The van der Waals surface area contributed by atoms with Gasteiger partial charge in [0.15, 0.2) is 0 Å². The number of hydrogen-bond acceptors (Lipinski definition) is 3. The van der Waals surface area contributed by atoms with Gasteiger partial charge in [0.25, 0.3) is 0 Å². The molecule has 1 nitrogen and oxygen atoms in total. The van der Waals surface area contributed by atoms with Crippen LogP contribution in [0.2, 0.25) is 0 Å². The van der Waals surface area contributed by atoms with Crippen molar-refractivity contribution in [2.45, 2.75) is 5.92 Å². The van der Waals surface area contributed by atoms with Crippen molar-refractivity contribution in [1.29, 1.82) is 5.26 Å². The fourth-order valence-corrected chi connectivity index (χ4v) is 4.27. The van der Waals surface area contributed by atoms with Crippen molar-refractivity contribution >= 4 is 21.6 Å². The van der Waals surface area contributed by atoms with E-state index in [9.17, 15) is 0 Å². The van der Waals surface area contributed by atoms with Crippen LogP contribution in [0, 0.1) is 11.3 Å². The smallest absolute Gasteiger partial charge is 0.0994 e. The molecule has 0 atom stereocenters. The van der Waals surface area contributed by atoms with E-state index in [2.05, 4.69) is 12.1 Å². The van der Waals surface area contributed by atoms with Crippen LogP contribution in [-0.2, 0) is 0 Å². The number of benzene rings is 1. The van der Waals surface area contributed by atoms with Gasteiger partial charge in [-0.2, -0.15) is 5.26 Å². The van der Waals surface area contributed by atoms with Crippen molar-refractivity contribution in [3.05, 3.63) is 35.4 Å². The third-order valence-corrected chi connectivity index (χ3v) is 4.70. The van der Waals surface area contributed by atoms with E-state index in [4.69, 9.17) is 5.26 Å². The monoisotopic (exact) mass is 207 g/mol. The molecule has 0 aromatic heterocycles. The molecule has 0 unspecified atom stereocenters. The Morgan fingerprint density at radius 3 is 2.62 bits per heavy atom. The first-order chi connectivity index (χ1) is 6.42. The molecule has 0 aliphatic carbocycles. The molecular formula is C10H9NS2. The lowest BCUT2D eigenvalue weighted by atomic mass is 9.98. The molecule has 0 bridgehead atoms. The molecule has 2 rings (SSSR count). The Bertz CT molecular complexity index is 337. The van der Waals surface area contributed by atoms with E-state index in [0.29, 0.717) is 5.92 Å². The molecule has 0 saturated carbocycles. The van der Waals surface area contributed by atoms with Crippen LogP contribution in [0.25, 0.3) is 0 Å². The zero-order valence-electron chi connectivity index (χ0n) is 7.06. The molecule has 1 aromatic rings. The maximum absolute atomic E-state index is 8.92. The lowest BCUT2D eigenvalue weighted by Gasteiger charge is -2.08. The molecule has 1 aliphatic rings. The van der Waals surface area contributed by atoms with E-state index in [1.165, 1.54) is 5.56 Å². The largest absolute Gasteiger partial charge is 0.192 e. The SMILES string of the molecule is N#Cc1ccccc1C1CSSC1. The van der Waals surface area contributed by atoms with Crippen molar-refractivity contribution in [2.75, 3.05) is 11.5 Å². The molecule has 1 fully saturated rings. The summed E-state index contributed by atoms with van der Waals surface area (Å²) < 4.78 is 0. The zero-order valence-corrected chi connectivity index (χ0v) is 8.70. The lowest BCUT2D eigenvalue weighted by Crippen LogP contribution is -2.01. The summed E-state index contributed by atoms with van der Waals surface area (Å²) in [6.45, 7) is 0. The van der Waals surface area contributed by atoms with Crippen LogP contribution in [-0.4, -0.2) is 11.5 Å². The maximum Gasteiger partial charge on any atom is 0.0994 e. The van der Waals surface area contributed by atoms with Crippen molar-refractivity contribution in [2.24, 2.45) is 0 Å². The quantitative estimate of drug-likeness (QED) is 0.661. The molecule has 0 spiro atoms. The van der Waals surface area contributed by atoms with Crippen LogP contribution in [0.15, 0.2) is 24.3 Å². The highest BCUT2D eigenvalue weighted by Crippen LogP contribution is 2.40. The van der Waals surface area contributed by atoms with Crippen molar-refractivity contribution in [3.8, 4) is 6.07 Å². The third kappa shape index (κ3) is 1.84. The standard InChI is InChI=1S/C10H9NS2/c11-5-8-3-1-2-4-10(8)9-6-12-13-7-9/h1-4,9H,6-7H2. The van der Waals surface area contributed by atoms with Crippen LogP contribution < -0.4 is 0 Å². The van der Waals surface area contributed by atoms with Crippen LogP contribution in [0.5, 0.6) is 0 Å². The van der Waals surface area contributed by atoms with E-state index < -0.39 is 0 Å². The Hall–Kier alpha value is -0.590. The molecule has 1 saturated heterocycles. The number of nitriles is 1. The predicted molar refractivity (Wildman–Crippen MR) is 58.8 cm³/mol. The molecule has 0 N–H and O–H groups in total. The first-order valence-electron chi connectivity index (χ1n) is 4.15. The highest BCUT2D eigenvalue weighted by Gasteiger charge is 2.20. The number of hydrogen-bond donors (Lipinski definition) is 0. The topological polar surface area (TPSA) is 23.8 Å². The molecule has 13 heavy (non-hydrogen) atoms. The summed E-state index contributed by atoms with van der Waals surface area (Å²) in [5.74, 6) is 2.86. The Balaban J connectivity index is 2.33. The lowest BCUT2D eigenvalue weighted by molar-refractivity contribution is 0.903. The average molecular weight is 207 g/mol. The van der Waals surface area contributed by atoms with Gasteiger partial charge in [0.1, 0.15) is 0 Å². The molecule has 3 heteroatoms. The fraction of sp³-hybridized carbons (Fsp3) is 0.300. The third-order valence-electron chi connectivity index (χ3n) is 2.14. The first kappa shape index (κ1) is 8.98. The number of nitrogens with zero attached hydrogens (tertiary/aromatic N) is 1. The van der Waals surface area contributed by atoms with Crippen LogP contribution in [0.1, 0.15) is 17.0 Å². The van der Waals surface area contributed by atoms with Gasteiger partial charge in [-0.15, -0.1) is 0 Å². The van der Waals surface area contributed by atoms with Gasteiger partial charge in [-0.25, -0.2) is 0 Å². The van der Waals surface area contributed by atoms with Gasteiger partial charge in [0.2, 0.25) is 0 Å². The Morgan fingerprint density at radius 2 is 1.92 bits per heavy atom. The molecule has 0 radical (unpaired) electrons. The Kier molecular flexibility index (Phi) is 2.82. The predicted octanol–water partition coefficient (Wildman–Crippen LogP) is 3.04. The highest BCUT2D eigenvalue weighted by atomic mass is 33.1. The number of rotatable bonds is 1. The second kappa shape index (κ2) is 4.08. The molecule has 1 aliphatic heterocycles. The second-order valence-electron chi connectivity index (χ2n) is 2.97. The maximum atomic E-state index is 8.92. The molecule has 0 amide bonds. The van der Waals surface area contributed by atoms with Crippen molar-refractivity contribution in [3.63, 3.8) is 0 Å². The van der Waals surface area contributed by atoms with Gasteiger partial charge in [-0.1, -0.05) is 39.8 Å². The van der Waals surface area contributed by atoms with E-state index in [-0.39, 0.29) is 0 Å². The highest BCUT2D eigenvalue weighted by molar-refractivity contribution is 8.77. The van der Waals surface area contributed by atoms with Gasteiger partial charge in [-0.3, -0.25) is 0 Å². The van der Waals surface area contributed by atoms with Crippen LogP contribution in [0.3, 0.4) is 0 Å². The minimum absolute atomic E-state index is 0.575. The normalized spacial score (nSPS) is 17.2. The Labute approximate surface area is 85.9 Å². The van der Waals surface area contributed by atoms with Crippen molar-refractivity contribution in [1.82, 2.24) is 0 Å². The van der Waals surface area contributed by atoms with E-state index in [0.717, 1.165) is 17.1 Å². The summed E-state index contributed by atoms with van der Waals surface area (Å²) in [6.07, 6.45) is 0. The van der Waals surface area contributed by atoms with Gasteiger partial charge in [-0.05, 0) is 11.6 Å². The van der Waals surface area contributed by atoms with Crippen LogP contribution in [0.4, 0.5) is 0 Å². The Morgan fingerprint density at radius 1 is 1.23 bits per heavy atom. The minimum atomic E-state index is 0.575. The van der Waals surface area contributed by atoms with Gasteiger partial charge < -0.3 is 0 Å². The molecule has 66 valence electrons. The van der Waals surface area contributed by atoms with E-state index in [1.54, 1.807) is 0 Å². The van der Waals surface area contributed by atoms with Crippen LogP contribution >= 0.6 is 21.6 Å². The molecule has 1 aromatic carbocycles. The molecule has 1 heterocycles. The average Bonchev–Trinajstić information content (AvgIpc) is 2.70. The summed E-state index contributed by atoms with van der Waals surface area (Å²) in [5, 5.41) is 8.92. The second-order valence-corrected chi connectivity index (χ2v) is 5.52. The van der Waals surface area contributed by atoms with Crippen molar-refractivity contribution < 1.29 is 0 Å².